The molecule has 1 aromatic heterocycles. The number of amides is 1. The molecule has 2 aromatic carbocycles. The maximum absolute atomic E-state index is 13.5. The molecule has 1 amide bonds. The van der Waals surface area contributed by atoms with Gasteiger partial charge in [-0.3, -0.25) is 14.9 Å². The third kappa shape index (κ3) is 4.35. The number of hydrogen-bond acceptors (Lipinski definition) is 7. The van der Waals surface area contributed by atoms with Gasteiger partial charge in [-0.1, -0.05) is 24.3 Å². The molecule has 2 atom stereocenters. The van der Waals surface area contributed by atoms with Crippen molar-refractivity contribution in [2.75, 3.05) is 14.2 Å². The molecule has 2 heterocycles. The van der Waals surface area contributed by atoms with Crippen molar-refractivity contribution in [2.24, 2.45) is 11.0 Å². The fourth-order valence-corrected chi connectivity index (χ4v) is 4.86. The van der Waals surface area contributed by atoms with Crippen LogP contribution in [0.3, 0.4) is 0 Å². The SMILES string of the molecule is COc1ccc(/C=C2\CCC[C@H]3C2=NN(C(=O)c2ccc([N+](=O)[O-])o2)[C@@H]3c2ccc(OC)cc2)cc1. The number of benzene rings is 2. The highest BCUT2D eigenvalue weighted by atomic mass is 16.6. The summed E-state index contributed by atoms with van der Waals surface area (Å²) < 4.78 is 15.8. The van der Waals surface area contributed by atoms with Crippen LogP contribution in [0, 0.1) is 16.0 Å². The Balaban J connectivity index is 1.55. The zero-order valence-electron chi connectivity index (χ0n) is 19.9. The Morgan fingerprint density at radius 2 is 1.72 bits per heavy atom. The second-order valence-electron chi connectivity index (χ2n) is 8.69. The fourth-order valence-electron chi connectivity index (χ4n) is 4.86. The van der Waals surface area contributed by atoms with Crippen molar-refractivity contribution in [3.63, 3.8) is 0 Å². The van der Waals surface area contributed by atoms with Crippen LogP contribution in [-0.4, -0.2) is 35.8 Å². The van der Waals surface area contributed by atoms with Gasteiger partial charge in [0.2, 0.25) is 5.76 Å². The maximum atomic E-state index is 13.5. The molecule has 9 nitrogen and oxygen atoms in total. The van der Waals surface area contributed by atoms with E-state index >= 15 is 0 Å². The predicted molar refractivity (Wildman–Crippen MR) is 133 cm³/mol. The van der Waals surface area contributed by atoms with Crippen molar-refractivity contribution < 1.29 is 23.6 Å². The van der Waals surface area contributed by atoms with Crippen LogP contribution in [0.2, 0.25) is 0 Å². The molecule has 0 radical (unpaired) electrons. The van der Waals surface area contributed by atoms with Crippen molar-refractivity contribution in [2.45, 2.75) is 25.3 Å². The van der Waals surface area contributed by atoms with Crippen LogP contribution in [0.25, 0.3) is 6.08 Å². The Morgan fingerprint density at radius 3 is 2.33 bits per heavy atom. The standard InChI is InChI=1S/C27H25N3O6/c1-34-20-10-6-17(7-11-20)16-19-4-3-5-22-25(19)28-29(26(22)18-8-12-21(35-2)13-9-18)27(31)23-14-15-24(36-23)30(32)33/h6-16,22,26H,3-5H2,1-2H3/b19-16+/t22-,26+/m0/s1. The minimum atomic E-state index is -0.664. The average Bonchev–Trinajstić information content (AvgIpc) is 3.55. The van der Waals surface area contributed by atoms with E-state index in [-0.39, 0.29) is 17.7 Å². The van der Waals surface area contributed by atoms with Gasteiger partial charge in [0.15, 0.2) is 0 Å². The van der Waals surface area contributed by atoms with Gasteiger partial charge in [0.25, 0.3) is 0 Å². The smallest absolute Gasteiger partial charge is 0.433 e. The molecule has 2 aliphatic rings. The fraction of sp³-hybridized carbons (Fsp3) is 0.259. The topological polar surface area (TPSA) is 107 Å². The van der Waals surface area contributed by atoms with E-state index in [9.17, 15) is 14.9 Å². The van der Waals surface area contributed by atoms with Gasteiger partial charge >= 0.3 is 11.8 Å². The maximum Gasteiger partial charge on any atom is 0.433 e. The lowest BCUT2D eigenvalue weighted by molar-refractivity contribution is -0.402. The van der Waals surface area contributed by atoms with Gasteiger partial charge in [-0.15, -0.1) is 0 Å². The highest BCUT2D eigenvalue weighted by molar-refractivity contribution is 6.09. The molecule has 184 valence electrons. The summed E-state index contributed by atoms with van der Waals surface area (Å²) in [6.07, 6.45) is 4.75. The zero-order valence-corrected chi connectivity index (χ0v) is 19.9. The van der Waals surface area contributed by atoms with Crippen LogP contribution >= 0.6 is 0 Å². The minimum Gasteiger partial charge on any atom is -0.497 e. The first kappa shape index (κ1) is 23.3. The lowest BCUT2D eigenvalue weighted by atomic mass is 9.77. The van der Waals surface area contributed by atoms with E-state index in [1.807, 2.05) is 48.5 Å². The van der Waals surface area contributed by atoms with Gasteiger partial charge in [-0.05, 0) is 72.4 Å². The van der Waals surface area contributed by atoms with E-state index in [4.69, 9.17) is 19.0 Å². The summed E-state index contributed by atoms with van der Waals surface area (Å²) in [5, 5.41) is 17.3. The lowest BCUT2D eigenvalue weighted by Crippen LogP contribution is -2.31. The average molecular weight is 488 g/mol. The van der Waals surface area contributed by atoms with E-state index in [2.05, 4.69) is 6.08 Å². The molecule has 0 bridgehead atoms. The van der Waals surface area contributed by atoms with Crippen molar-refractivity contribution in [3.8, 4) is 11.5 Å². The van der Waals surface area contributed by atoms with Gasteiger partial charge in [-0.2, -0.15) is 5.10 Å². The molecule has 1 fully saturated rings. The number of nitro groups is 1. The van der Waals surface area contributed by atoms with E-state index in [0.29, 0.717) is 5.75 Å². The van der Waals surface area contributed by atoms with Gasteiger partial charge in [-0.25, -0.2) is 5.01 Å². The van der Waals surface area contributed by atoms with Crippen molar-refractivity contribution in [1.29, 1.82) is 0 Å². The van der Waals surface area contributed by atoms with E-state index in [1.54, 1.807) is 14.2 Å². The summed E-state index contributed by atoms with van der Waals surface area (Å²) in [7, 11) is 3.23. The van der Waals surface area contributed by atoms with Crippen molar-refractivity contribution in [3.05, 3.63) is 93.2 Å². The quantitative estimate of drug-likeness (QED) is 0.329. The number of allylic oxidation sites excluding steroid dienone is 1. The van der Waals surface area contributed by atoms with Gasteiger partial charge in [0, 0.05) is 5.92 Å². The number of nitrogens with zero attached hydrogens (tertiary/aromatic N) is 3. The van der Waals surface area contributed by atoms with Gasteiger partial charge < -0.3 is 13.9 Å². The number of hydrazone groups is 1. The predicted octanol–water partition coefficient (Wildman–Crippen LogP) is 5.64. The number of furan rings is 1. The molecular formula is C27H25N3O6. The Bertz CT molecular complexity index is 1340. The van der Waals surface area contributed by atoms with Crippen LogP contribution in [0.1, 0.15) is 47.0 Å². The molecule has 36 heavy (non-hydrogen) atoms. The highest BCUT2D eigenvalue weighted by Crippen LogP contribution is 2.45. The number of hydrogen-bond donors (Lipinski definition) is 0. The van der Waals surface area contributed by atoms with E-state index < -0.39 is 16.7 Å². The number of carbonyl (C=O) groups excluding carboxylic acids is 1. The number of ether oxygens (including phenoxy) is 2. The van der Waals surface area contributed by atoms with E-state index in [1.165, 1.54) is 17.1 Å². The van der Waals surface area contributed by atoms with Crippen molar-refractivity contribution >= 4 is 23.6 Å². The lowest BCUT2D eigenvalue weighted by Gasteiger charge is -2.29. The second-order valence-corrected chi connectivity index (χ2v) is 8.69. The summed E-state index contributed by atoms with van der Waals surface area (Å²) in [5.41, 5.74) is 3.84. The molecule has 0 unspecified atom stereocenters. The molecule has 5 rings (SSSR count). The van der Waals surface area contributed by atoms with Crippen LogP contribution in [-0.2, 0) is 0 Å². The first-order valence-corrected chi connectivity index (χ1v) is 11.6. The van der Waals surface area contributed by atoms with Gasteiger partial charge in [0.05, 0.1) is 32.0 Å². The largest absolute Gasteiger partial charge is 0.497 e. The molecule has 1 aliphatic carbocycles. The van der Waals surface area contributed by atoms with Gasteiger partial charge in [0.1, 0.15) is 16.4 Å². The first-order chi connectivity index (χ1) is 17.5. The molecule has 0 saturated heterocycles. The Kier molecular flexibility index (Phi) is 6.28. The molecule has 0 spiro atoms. The normalized spacial score (nSPS) is 20.1. The third-order valence-electron chi connectivity index (χ3n) is 6.61. The zero-order chi connectivity index (χ0) is 25.2. The summed E-state index contributed by atoms with van der Waals surface area (Å²) in [4.78, 5) is 23.9. The van der Waals surface area contributed by atoms with E-state index in [0.717, 1.165) is 47.4 Å². The number of carbonyl (C=O) groups is 1. The molecule has 9 heteroatoms. The number of methoxy groups -OCH3 is 2. The highest BCUT2D eigenvalue weighted by Gasteiger charge is 2.44. The first-order valence-electron chi connectivity index (χ1n) is 11.6. The van der Waals surface area contributed by atoms with Crippen LogP contribution in [0.4, 0.5) is 5.88 Å². The monoisotopic (exact) mass is 487 g/mol. The van der Waals surface area contributed by atoms with Crippen LogP contribution in [0.15, 0.2) is 75.8 Å². The van der Waals surface area contributed by atoms with Crippen LogP contribution in [0.5, 0.6) is 11.5 Å². The van der Waals surface area contributed by atoms with Crippen molar-refractivity contribution in [1.82, 2.24) is 5.01 Å². The molecule has 1 saturated carbocycles. The summed E-state index contributed by atoms with van der Waals surface area (Å²) in [6, 6.07) is 17.5. The molecule has 0 N–H and O–H groups in total. The number of fused-ring (bicyclic) bond motifs is 1. The molecular weight excluding hydrogens is 462 g/mol. The van der Waals surface area contributed by atoms with Crippen LogP contribution < -0.4 is 9.47 Å². The second kappa shape index (κ2) is 9.69. The third-order valence-corrected chi connectivity index (χ3v) is 6.61. The number of rotatable bonds is 6. The summed E-state index contributed by atoms with van der Waals surface area (Å²) >= 11 is 0. The summed E-state index contributed by atoms with van der Waals surface area (Å²) in [5.74, 6) is 0.342. The minimum absolute atomic E-state index is 0.0226. The Hall–Kier alpha value is -4.40. The summed E-state index contributed by atoms with van der Waals surface area (Å²) in [6.45, 7) is 0. The Labute approximate surface area is 207 Å². The molecule has 1 aliphatic heterocycles. The Morgan fingerprint density at radius 1 is 1.06 bits per heavy atom. The molecule has 3 aromatic rings.